The van der Waals surface area contributed by atoms with E-state index in [0.29, 0.717) is 5.69 Å². The van der Waals surface area contributed by atoms with Crippen LogP contribution in [0.5, 0.6) is 0 Å². The number of amides is 1. The molecule has 1 aliphatic carbocycles. The molecule has 6 heteroatoms. The summed E-state index contributed by atoms with van der Waals surface area (Å²) in [6.45, 7) is 0. The molecule has 0 saturated heterocycles. The second kappa shape index (κ2) is 6.05. The average molecular weight is 286 g/mol. The fraction of sp³-hybridized carbons (Fsp3) is 0.400. The van der Waals surface area contributed by atoms with Crippen LogP contribution >= 0.6 is 0 Å². The number of imidazole rings is 1. The van der Waals surface area contributed by atoms with Crippen molar-refractivity contribution in [3.63, 3.8) is 0 Å². The van der Waals surface area contributed by atoms with Gasteiger partial charge in [0.05, 0.1) is 24.2 Å². The Hall–Kier alpha value is -2.21. The fourth-order valence-electron chi connectivity index (χ4n) is 2.64. The number of aliphatic hydroxyl groups is 1. The Morgan fingerprint density at radius 3 is 2.95 bits per heavy atom. The number of carbonyl (C=O) groups is 1. The van der Waals surface area contributed by atoms with Crippen molar-refractivity contribution in [2.75, 3.05) is 0 Å². The van der Waals surface area contributed by atoms with Crippen LogP contribution in [-0.2, 0) is 0 Å². The molecule has 0 aliphatic heterocycles. The highest BCUT2D eigenvalue weighted by Crippen LogP contribution is 2.18. The van der Waals surface area contributed by atoms with Gasteiger partial charge in [0.15, 0.2) is 0 Å². The number of carbonyl (C=O) groups excluding carboxylic acids is 1. The van der Waals surface area contributed by atoms with E-state index in [9.17, 15) is 9.90 Å². The fourth-order valence-corrected chi connectivity index (χ4v) is 2.64. The van der Waals surface area contributed by atoms with Crippen molar-refractivity contribution < 1.29 is 9.90 Å². The lowest BCUT2D eigenvalue weighted by atomic mass is 9.92. The Morgan fingerprint density at radius 1 is 1.33 bits per heavy atom. The summed E-state index contributed by atoms with van der Waals surface area (Å²) in [5.74, 6) is -0.247. The van der Waals surface area contributed by atoms with Crippen molar-refractivity contribution in [3.05, 3.63) is 42.7 Å². The summed E-state index contributed by atoms with van der Waals surface area (Å²) in [5.41, 5.74) is 1.18. The number of rotatable bonds is 3. The van der Waals surface area contributed by atoms with Crippen molar-refractivity contribution in [1.82, 2.24) is 19.9 Å². The third-order valence-electron chi connectivity index (χ3n) is 3.82. The van der Waals surface area contributed by atoms with Crippen LogP contribution in [0.1, 0.15) is 36.2 Å². The molecule has 1 fully saturated rings. The van der Waals surface area contributed by atoms with Gasteiger partial charge in [-0.05, 0) is 25.0 Å². The predicted molar refractivity (Wildman–Crippen MR) is 77.1 cm³/mol. The van der Waals surface area contributed by atoms with Gasteiger partial charge in [-0.1, -0.05) is 12.8 Å². The molecule has 2 heterocycles. The maximum Gasteiger partial charge on any atom is 0.270 e. The molecule has 1 amide bonds. The molecule has 2 atom stereocenters. The summed E-state index contributed by atoms with van der Waals surface area (Å²) in [5, 5.41) is 12.8. The van der Waals surface area contributed by atoms with Crippen LogP contribution in [0.3, 0.4) is 0 Å². The summed E-state index contributed by atoms with van der Waals surface area (Å²) >= 11 is 0. The first-order valence-electron chi connectivity index (χ1n) is 7.17. The van der Waals surface area contributed by atoms with Crippen molar-refractivity contribution >= 4 is 5.91 Å². The zero-order valence-corrected chi connectivity index (χ0v) is 11.6. The Balaban J connectivity index is 1.74. The highest BCUT2D eigenvalue weighted by Gasteiger charge is 2.25. The molecule has 110 valence electrons. The number of nitrogens with one attached hydrogen (secondary N) is 1. The number of pyridine rings is 1. The molecule has 0 bridgehead atoms. The van der Waals surface area contributed by atoms with E-state index in [4.69, 9.17) is 0 Å². The van der Waals surface area contributed by atoms with Gasteiger partial charge in [-0.25, -0.2) is 4.98 Å². The first-order chi connectivity index (χ1) is 10.2. The average Bonchev–Trinajstić information content (AvgIpc) is 3.04. The topological polar surface area (TPSA) is 80.0 Å². The highest BCUT2D eigenvalue weighted by molar-refractivity contribution is 5.93. The van der Waals surface area contributed by atoms with Crippen LogP contribution in [0.15, 0.2) is 37.1 Å². The smallest absolute Gasteiger partial charge is 0.270 e. The van der Waals surface area contributed by atoms with E-state index in [1.807, 2.05) is 16.8 Å². The van der Waals surface area contributed by atoms with Crippen LogP contribution in [0, 0.1) is 0 Å². The minimum Gasteiger partial charge on any atom is -0.391 e. The standard InChI is InChI=1S/C15H18N4O2/c20-14-4-2-1-3-12(14)18-15(21)13-9-11(5-6-17-13)19-8-7-16-10-19/h5-10,12,14,20H,1-4H2,(H,18,21). The SMILES string of the molecule is O=C(NC1CCCCC1O)c1cc(-n2ccnc2)ccn1. The first kappa shape index (κ1) is 13.8. The van der Waals surface area contributed by atoms with Gasteiger partial charge in [-0.3, -0.25) is 9.78 Å². The third kappa shape index (κ3) is 3.11. The molecule has 3 rings (SSSR count). The molecule has 2 aromatic heterocycles. The van der Waals surface area contributed by atoms with E-state index in [0.717, 1.165) is 31.4 Å². The van der Waals surface area contributed by atoms with Crippen LogP contribution in [0.4, 0.5) is 0 Å². The molecule has 0 spiro atoms. The molecule has 6 nitrogen and oxygen atoms in total. The monoisotopic (exact) mass is 286 g/mol. The maximum atomic E-state index is 12.3. The van der Waals surface area contributed by atoms with Gasteiger partial charge in [-0.15, -0.1) is 0 Å². The van der Waals surface area contributed by atoms with Gasteiger partial charge in [0.2, 0.25) is 0 Å². The molecule has 1 aliphatic rings. The van der Waals surface area contributed by atoms with E-state index >= 15 is 0 Å². The molecule has 0 radical (unpaired) electrons. The molecular weight excluding hydrogens is 268 g/mol. The summed E-state index contributed by atoms with van der Waals surface area (Å²) in [4.78, 5) is 20.4. The Bertz CT molecular complexity index is 612. The summed E-state index contributed by atoms with van der Waals surface area (Å²) < 4.78 is 1.81. The van der Waals surface area contributed by atoms with Crippen molar-refractivity contribution in [1.29, 1.82) is 0 Å². The largest absolute Gasteiger partial charge is 0.391 e. The molecule has 1 saturated carbocycles. The van der Waals surface area contributed by atoms with Gasteiger partial charge < -0.3 is 15.0 Å². The molecule has 2 aromatic rings. The zero-order valence-electron chi connectivity index (χ0n) is 11.6. The lowest BCUT2D eigenvalue weighted by Crippen LogP contribution is -2.45. The van der Waals surface area contributed by atoms with E-state index in [-0.39, 0.29) is 11.9 Å². The van der Waals surface area contributed by atoms with E-state index in [1.54, 1.807) is 24.8 Å². The van der Waals surface area contributed by atoms with E-state index in [1.165, 1.54) is 0 Å². The molecule has 2 unspecified atom stereocenters. The van der Waals surface area contributed by atoms with Gasteiger partial charge in [-0.2, -0.15) is 0 Å². The Kier molecular flexibility index (Phi) is 3.96. The number of nitrogens with zero attached hydrogens (tertiary/aromatic N) is 3. The second-order valence-corrected chi connectivity index (χ2v) is 5.30. The number of aromatic nitrogens is 3. The first-order valence-corrected chi connectivity index (χ1v) is 7.17. The normalized spacial score (nSPS) is 22.0. The van der Waals surface area contributed by atoms with Crippen LogP contribution < -0.4 is 5.32 Å². The van der Waals surface area contributed by atoms with Crippen molar-refractivity contribution in [2.24, 2.45) is 0 Å². The van der Waals surface area contributed by atoms with Gasteiger partial charge in [0.25, 0.3) is 5.91 Å². The van der Waals surface area contributed by atoms with Gasteiger partial charge >= 0.3 is 0 Å². The van der Waals surface area contributed by atoms with Crippen LogP contribution in [0.25, 0.3) is 5.69 Å². The van der Waals surface area contributed by atoms with E-state index in [2.05, 4.69) is 15.3 Å². The molecule has 21 heavy (non-hydrogen) atoms. The Morgan fingerprint density at radius 2 is 2.19 bits per heavy atom. The second-order valence-electron chi connectivity index (χ2n) is 5.30. The summed E-state index contributed by atoms with van der Waals surface area (Å²) in [6, 6.07) is 3.35. The highest BCUT2D eigenvalue weighted by atomic mass is 16.3. The van der Waals surface area contributed by atoms with Crippen LogP contribution in [0.2, 0.25) is 0 Å². The maximum absolute atomic E-state index is 12.3. The van der Waals surface area contributed by atoms with Crippen molar-refractivity contribution in [3.8, 4) is 5.69 Å². The lowest BCUT2D eigenvalue weighted by molar-refractivity contribution is 0.0714. The van der Waals surface area contributed by atoms with Gasteiger partial charge in [0, 0.05) is 18.6 Å². The van der Waals surface area contributed by atoms with Crippen molar-refractivity contribution in [2.45, 2.75) is 37.8 Å². The van der Waals surface area contributed by atoms with Gasteiger partial charge in [0.1, 0.15) is 5.69 Å². The minimum absolute atomic E-state index is 0.176. The number of hydrogen-bond acceptors (Lipinski definition) is 4. The molecular formula is C15H18N4O2. The minimum atomic E-state index is -0.459. The predicted octanol–water partition coefficient (Wildman–Crippen LogP) is 1.30. The number of aliphatic hydroxyl groups excluding tert-OH is 1. The quantitative estimate of drug-likeness (QED) is 0.891. The summed E-state index contributed by atoms with van der Waals surface area (Å²) in [7, 11) is 0. The third-order valence-corrected chi connectivity index (χ3v) is 3.82. The molecule has 0 aromatic carbocycles. The Labute approximate surface area is 122 Å². The zero-order chi connectivity index (χ0) is 14.7. The number of hydrogen-bond donors (Lipinski definition) is 2. The summed E-state index contributed by atoms with van der Waals surface area (Å²) in [6.07, 6.45) is 9.90. The lowest BCUT2D eigenvalue weighted by Gasteiger charge is -2.28. The van der Waals surface area contributed by atoms with Crippen LogP contribution in [-0.4, -0.2) is 37.7 Å². The van der Waals surface area contributed by atoms with E-state index < -0.39 is 6.10 Å². The molecule has 2 N–H and O–H groups in total.